The summed E-state index contributed by atoms with van der Waals surface area (Å²) in [6, 6.07) is 0. The molecule has 0 bridgehead atoms. The molecule has 3 N–H and O–H groups in total. The van der Waals surface area contributed by atoms with Gasteiger partial charge in [0.25, 0.3) is 0 Å². The van der Waals surface area contributed by atoms with E-state index in [2.05, 4.69) is 0 Å². The van der Waals surface area contributed by atoms with E-state index in [9.17, 15) is 9.59 Å². The van der Waals surface area contributed by atoms with Gasteiger partial charge in [0.2, 0.25) is 0 Å². The van der Waals surface area contributed by atoms with E-state index in [1.807, 2.05) is 0 Å². The van der Waals surface area contributed by atoms with Crippen molar-refractivity contribution in [2.24, 2.45) is 5.92 Å². The molecule has 0 saturated carbocycles. The highest BCUT2D eigenvalue weighted by atomic mass is 16.4. The van der Waals surface area contributed by atoms with Crippen LogP contribution in [0.4, 0.5) is 0 Å². The molecule has 5 heteroatoms. The molecule has 0 aliphatic heterocycles. The number of carbonyl (C=O) groups is 2. The average Bonchev–Trinajstić information content (AvgIpc) is 1.84. The monoisotopic (exact) mass is 148 g/mol. The average molecular weight is 148 g/mol. The van der Waals surface area contributed by atoms with E-state index >= 15 is 0 Å². The first-order chi connectivity index (χ1) is 4.46. The quantitative estimate of drug-likeness (QED) is 0.484. The number of aliphatic carboxylic acids is 2. The standard InChI is InChI=1S/C5H8O5/c1-2(4(7)8)3(6)5(9)10/h2-3,6H,1H3,(H,7,8)(H,9,10). The van der Waals surface area contributed by atoms with Crippen molar-refractivity contribution in [2.75, 3.05) is 0 Å². The van der Waals surface area contributed by atoms with Crippen LogP contribution in [0.15, 0.2) is 0 Å². The summed E-state index contributed by atoms with van der Waals surface area (Å²) < 4.78 is 0. The lowest BCUT2D eigenvalue weighted by Crippen LogP contribution is -2.32. The Morgan fingerprint density at radius 3 is 1.70 bits per heavy atom. The molecular formula is C5H8O5. The van der Waals surface area contributed by atoms with Crippen LogP contribution in [0.1, 0.15) is 6.92 Å². The lowest BCUT2D eigenvalue weighted by molar-refractivity contribution is -0.158. The van der Waals surface area contributed by atoms with Gasteiger partial charge < -0.3 is 15.3 Å². The van der Waals surface area contributed by atoms with Crippen molar-refractivity contribution in [3.8, 4) is 0 Å². The van der Waals surface area contributed by atoms with Gasteiger partial charge in [0.05, 0.1) is 5.92 Å². The first kappa shape index (κ1) is 8.90. The Balaban J connectivity index is 4.07. The molecule has 0 aliphatic rings. The lowest BCUT2D eigenvalue weighted by atomic mass is 10.1. The summed E-state index contributed by atoms with van der Waals surface area (Å²) in [6.07, 6.45) is -1.82. The van der Waals surface area contributed by atoms with E-state index in [0.717, 1.165) is 6.92 Å². The maximum Gasteiger partial charge on any atom is 0.333 e. The Labute approximate surface area is 56.9 Å². The van der Waals surface area contributed by atoms with Gasteiger partial charge in [-0.3, -0.25) is 4.79 Å². The number of hydrogen-bond acceptors (Lipinski definition) is 3. The van der Waals surface area contributed by atoms with E-state index < -0.39 is 24.0 Å². The third-order valence-electron chi connectivity index (χ3n) is 1.12. The molecule has 0 heterocycles. The zero-order valence-electron chi connectivity index (χ0n) is 5.31. The lowest BCUT2D eigenvalue weighted by Gasteiger charge is -2.08. The topological polar surface area (TPSA) is 94.8 Å². The molecule has 0 aromatic heterocycles. The third kappa shape index (κ3) is 2.02. The summed E-state index contributed by atoms with van der Waals surface area (Å²) in [5.41, 5.74) is 0. The fourth-order valence-electron chi connectivity index (χ4n) is 0.349. The number of hydrogen-bond donors (Lipinski definition) is 3. The van der Waals surface area contributed by atoms with Crippen molar-refractivity contribution >= 4 is 11.9 Å². The summed E-state index contributed by atoms with van der Waals surface area (Å²) in [7, 11) is 0. The van der Waals surface area contributed by atoms with E-state index in [-0.39, 0.29) is 0 Å². The van der Waals surface area contributed by atoms with Crippen LogP contribution < -0.4 is 0 Å². The normalized spacial score (nSPS) is 15.8. The fraction of sp³-hybridized carbons (Fsp3) is 0.600. The first-order valence-electron chi connectivity index (χ1n) is 2.60. The Kier molecular flexibility index (Phi) is 2.82. The Morgan fingerprint density at radius 2 is 1.60 bits per heavy atom. The minimum atomic E-state index is -1.82. The van der Waals surface area contributed by atoms with E-state index in [0.29, 0.717) is 0 Å². The van der Waals surface area contributed by atoms with Crippen LogP contribution in [-0.4, -0.2) is 33.4 Å². The minimum Gasteiger partial charge on any atom is -0.481 e. The van der Waals surface area contributed by atoms with Gasteiger partial charge in [0, 0.05) is 0 Å². The minimum absolute atomic E-state index is 1.13. The van der Waals surface area contributed by atoms with Gasteiger partial charge in [-0.15, -0.1) is 0 Å². The fourth-order valence-corrected chi connectivity index (χ4v) is 0.349. The highest BCUT2D eigenvalue weighted by molar-refractivity contribution is 5.81. The van der Waals surface area contributed by atoms with Crippen LogP contribution >= 0.6 is 0 Å². The maximum absolute atomic E-state index is 10.0. The molecule has 2 atom stereocenters. The highest BCUT2D eigenvalue weighted by Crippen LogP contribution is 2.01. The number of aliphatic hydroxyl groups is 1. The molecule has 10 heavy (non-hydrogen) atoms. The number of aliphatic hydroxyl groups excluding tert-OH is 1. The molecule has 0 aromatic carbocycles. The summed E-state index contributed by atoms with van der Waals surface area (Å²) in [6.45, 7) is 1.13. The molecule has 0 aromatic rings. The van der Waals surface area contributed by atoms with Crippen molar-refractivity contribution in [1.29, 1.82) is 0 Å². The number of rotatable bonds is 3. The van der Waals surface area contributed by atoms with Gasteiger partial charge in [-0.05, 0) is 6.92 Å². The van der Waals surface area contributed by atoms with Gasteiger partial charge in [0.15, 0.2) is 6.10 Å². The van der Waals surface area contributed by atoms with Crippen LogP contribution in [0, 0.1) is 5.92 Å². The predicted molar refractivity (Wildman–Crippen MR) is 30.4 cm³/mol. The van der Waals surface area contributed by atoms with Crippen molar-refractivity contribution in [2.45, 2.75) is 13.0 Å². The number of carboxylic acids is 2. The smallest absolute Gasteiger partial charge is 0.333 e. The SMILES string of the molecule is CC(C(=O)O)C(O)C(=O)O. The van der Waals surface area contributed by atoms with Gasteiger partial charge in [-0.25, -0.2) is 4.79 Å². The zero-order valence-corrected chi connectivity index (χ0v) is 5.31. The molecule has 0 aliphatic carbocycles. The molecule has 0 rings (SSSR count). The highest BCUT2D eigenvalue weighted by Gasteiger charge is 2.26. The van der Waals surface area contributed by atoms with E-state index in [1.54, 1.807) is 0 Å². The second-order valence-corrected chi connectivity index (χ2v) is 1.91. The molecule has 0 saturated heterocycles. The summed E-state index contributed by atoms with van der Waals surface area (Å²) in [4.78, 5) is 20.0. The van der Waals surface area contributed by atoms with Gasteiger partial charge in [-0.1, -0.05) is 0 Å². The van der Waals surface area contributed by atoms with Crippen molar-refractivity contribution in [3.63, 3.8) is 0 Å². The zero-order chi connectivity index (χ0) is 8.31. The van der Waals surface area contributed by atoms with Crippen LogP contribution in [0.25, 0.3) is 0 Å². The Hall–Kier alpha value is -1.10. The molecule has 0 spiro atoms. The predicted octanol–water partition coefficient (Wildman–Crippen LogP) is -0.847. The molecule has 0 radical (unpaired) electrons. The second kappa shape index (κ2) is 3.17. The van der Waals surface area contributed by atoms with Gasteiger partial charge in [0.1, 0.15) is 0 Å². The maximum atomic E-state index is 10.0. The second-order valence-electron chi connectivity index (χ2n) is 1.91. The molecule has 0 fully saturated rings. The third-order valence-corrected chi connectivity index (χ3v) is 1.12. The van der Waals surface area contributed by atoms with Crippen LogP contribution in [0.3, 0.4) is 0 Å². The molecule has 2 unspecified atom stereocenters. The van der Waals surface area contributed by atoms with Gasteiger partial charge in [-0.2, -0.15) is 0 Å². The summed E-state index contributed by atoms with van der Waals surface area (Å²) in [5.74, 6) is -4.11. The van der Waals surface area contributed by atoms with Crippen molar-refractivity contribution in [3.05, 3.63) is 0 Å². The Bertz CT molecular complexity index is 134. The van der Waals surface area contributed by atoms with Gasteiger partial charge >= 0.3 is 11.9 Å². The summed E-state index contributed by atoms with van der Waals surface area (Å²) in [5, 5.41) is 24.9. The summed E-state index contributed by atoms with van der Waals surface area (Å²) >= 11 is 0. The number of carboxylic acid groups (broad SMARTS) is 2. The van der Waals surface area contributed by atoms with Crippen molar-refractivity contribution < 1.29 is 24.9 Å². The van der Waals surface area contributed by atoms with Crippen LogP contribution in [0.5, 0.6) is 0 Å². The molecular weight excluding hydrogens is 140 g/mol. The molecule has 0 amide bonds. The molecule has 5 nitrogen and oxygen atoms in total. The van der Waals surface area contributed by atoms with Crippen molar-refractivity contribution in [1.82, 2.24) is 0 Å². The van der Waals surface area contributed by atoms with E-state index in [4.69, 9.17) is 15.3 Å². The largest absolute Gasteiger partial charge is 0.481 e. The Morgan fingerprint density at radius 1 is 1.20 bits per heavy atom. The van der Waals surface area contributed by atoms with E-state index in [1.165, 1.54) is 0 Å². The molecule has 58 valence electrons. The first-order valence-corrected chi connectivity index (χ1v) is 2.60. The van der Waals surface area contributed by atoms with Crippen LogP contribution in [-0.2, 0) is 9.59 Å². The van der Waals surface area contributed by atoms with Crippen LogP contribution in [0.2, 0.25) is 0 Å².